The fourth-order valence-electron chi connectivity index (χ4n) is 1.42. The third-order valence-corrected chi connectivity index (χ3v) is 2.63. The zero-order valence-corrected chi connectivity index (χ0v) is 11.4. The number of hydrogen-bond donors (Lipinski definition) is 1. The molecule has 1 rings (SSSR count). The Labute approximate surface area is 108 Å². The molecule has 0 fully saturated rings. The van der Waals surface area contributed by atoms with Crippen molar-refractivity contribution in [1.29, 1.82) is 0 Å². The molecule has 0 aromatic carbocycles. The maximum Gasteiger partial charge on any atom is 0.239 e. The Morgan fingerprint density at radius 1 is 1.65 bits per heavy atom. The molecule has 6 heteroatoms. The van der Waals surface area contributed by atoms with Crippen LogP contribution in [0.5, 0.6) is 0 Å². The predicted molar refractivity (Wildman–Crippen MR) is 68.5 cm³/mol. The maximum absolute atomic E-state index is 13.7. The average Bonchev–Trinajstić information content (AvgIpc) is 2.28. The number of pyridine rings is 1. The van der Waals surface area contributed by atoms with Crippen LogP contribution in [0, 0.1) is 5.82 Å². The highest BCUT2D eigenvalue weighted by Gasteiger charge is 2.15. The van der Waals surface area contributed by atoms with E-state index in [1.165, 1.54) is 12.3 Å². The first-order valence-corrected chi connectivity index (χ1v) is 6.14. The molecule has 1 heterocycles. The minimum absolute atomic E-state index is 0.107. The Morgan fingerprint density at radius 2 is 2.35 bits per heavy atom. The van der Waals surface area contributed by atoms with Gasteiger partial charge >= 0.3 is 0 Å². The molecule has 1 aromatic rings. The Bertz CT molecular complexity index is 400. The number of likely N-dealkylation sites (N-methyl/N-ethyl adjacent to an activating group) is 1. The third kappa shape index (κ3) is 3.96. The van der Waals surface area contributed by atoms with Crippen LogP contribution in [0.25, 0.3) is 0 Å². The number of halogens is 2. The summed E-state index contributed by atoms with van der Waals surface area (Å²) in [6.07, 6.45) is 2.33. The van der Waals surface area contributed by atoms with E-state index in [1.54, 1.807) is 11.9 Å². The summed E-state index contributed by atoms with van der Waals surface area (Å²) in [7, 11) is 1.55. The molecule has 0 saturated carbocycles. The summed E-state index contributed by atoms with van der Waals surface area (Å²) >= 11 is 3.15. The number of carbonyl (C=O) groups is 1. The van der Waals surface area contributed by atoms with Crippen LogP contribution in [0.3, 0.4) is 0 Å². The van der Waals surface area contributed by atoms with E-state index in [-0.39, 0.29) is 18.3 Å². The first-order chi connectivity index (χ1) is 8.08. The molecule has 0 aliphatic carbocycles. The van der Waals surface area contributed by atoms with E-state index in [2.05, 4.69) is 26.2 Å². The summed E-state index contributed by atoms with van der Waals surface area (Å²) in [5.74, 6) is -0.391. The van der Waals surface area contributed by atoms with Crippen molar-refractivity contribution in [3.8, 4) is 0 Å². The van der Waals surface area contributed by atoms with E-state index in [0.717, 1.165) is 6.42 Å². The molecule has 0 aliphatic heterocycles. The summed E-state index contributed by atoms with van der Waals surface area (Å²) < 4.78 is 14.3. The van der Waals surface area contributed by atoms with Crippen molar-refractivity contribution in [3.63, 3.8) is 0 Å². The van der Waals surface area contributed by atoms with Crippen molar-refractivity contribution >= 4 is 27.7 Å². The molecule has 1 N–H and O–H groups in total. The standard InChI is InChI=1S/C11H15BrFN3O/c1-3-4-16(7-10(17)14-2)11-9(13)5-8(12)6-15-11/h5-6H,3-4,7H2,1-2H3,(H,14,17). The zero-order valence-electron chi connectivity index (χ0n) is 9.83. The molecule has 0 bridgehead atoms. The molecule has 0 unspecified atom stereocenters. The minimum atomic E-state index is -0.434. The van der Waals surface area contributed by atoms with Gasteiger partial charge in [-0.05, 0) is 28.4 Å². The van der Waals surface area contributed by atoms with Gasteiger partial charge in [0.15, 0.2) is 11.6 Å². The van der Waals surface area contributed by atoms with Crippen molar-refractivity contribution in [1.82, 2.24) is 10.3 Å². The topological polar surface area (TPSA) is 45.2 Å². The van der Waals surface area contributed by atoms with Gasteiger partial charge in [0.05, 0.1) is 6.54 Å². The fraction of sp³-hybridized carbons (Fsp3) is 0.455. The lowest BCUT2D eigenvalue weighted by Crippen LogP contribution is -2.37. The molecule has 17 heavy (non-hydrogen) atoms. The number of amides is 1. The molecule has 0 saturated heterocycles. The van der Waals surface area contributed by atoms with Crippen LogP contribution in [-0.4, -0.2) is 31.0 Å². The Morgan fingerprint density at radius 3 is 2.88 bits per heavy atom. The van der Waals surface area contributed by atoms with Crippen LogP contribution in [0.4, 0.5) is 10.2 Å². The Balaban J connectivity index is 2.92. The molecule has 4 nitrogen and oxygen atoms in total. The fourth-order valence-corrected chi connectivity index (χ4v) is 1.73. The SMILES string of the molecule is CCCN(CC(=O)NC)c1ncc(Br)cc1F. The normalized spacial score (nSPS) is 10.1. The first kappa shape index (κ1) is 13.9. The maximum atomic E-state index is 13.7. The van der Waals surface area contributed by atoms with Gasteiger partial charge in [-0.1, -0.05) is 6.92 Å². The molecular weight excluding hydrogens is 289 g/mol. The number of anilines is 1. The second kappa shape index (κ2) is 6.54. The minimum Gasteiger partial charge on any atom is -0.358 e. The number of nitrogens with one attached hydrogen (secondary N) is 1. The van der Waals surface area contributed by atoms with Crippen LogP contribution in [0.1, 0.15) is 13.3 Å². The van der Waals surface area contributed by atoms with Gasteiger partial charge in [-0.15, -0.1) is 0 Å². The number of nitrogens with zero attached hydrogens (tertiary/aromatic N) is 2. The second-order valence-electron chi connectivity index (χ2n) is 3.55. The Kier molecular flexibility index (Phi) is 5.34. The summed E-state index contributed by atoms with van der Waals surface area (Å²) in [6.45, 7) is 2.66. The lowest BCUT2D eigenvalue weighted by Gasteiger charge is -2.22. The number of rotatable bonds is 5. The average molecular weight is 304 g/mol. The van der Waals surface area contributed by atoms with E-state index < -0.39 is 5.82 Å². The lowest BCUT2D eigenvalue weighted by molar-refractivity contribution is -0.119. The second-order valence-corrected chi connectivity index (χ2v) is 4.47. The van der Waals surface area contributed by atoms with Gasteiger partial charge in [0.1, 0.15) is 0 Å². The van der Waals surface area contributed by atoms with Gasteiger partial charge in [-0.2, -0.15) is 0 Å². The van der Waals surface area contributed by atoms with Gasteiger partial charge in [0.25, 0.3) is 0 Å². The third-order valence-electron chi connectivity index (χ3n) is 2.19. The summed E-state index contributed by atoms with van der Waals surface area (Å²) in [5, 5.41) is 2.51. The van der Waals surface area contributed by atoms with E-state index in [0.29, 0.717) is 11.0 Å². The van der Waals surface area contributed by atoms with Crippen molar-refractivity contribution in [2.24, 2.45) is 0 Å². The molecule has 1 amide bonds. The van der Waals surface area contributed by atoms with Crippen LogP contribution < -0.4 is 10.2 Å². The largest absolute Gasteiger partial charge is 0.358 e. The summed E-state index contributed by atoms with van der Waals surface area (Å²) in [4.78, 5) is 17.0. The van der Waals surface area contributed by atoms with Gasteiger partial charge in [-0.3, -0.25) is 4.79 Å². The zero-order chi connectivity index (χ0) is 12.8. The van der Waals surface area contributed by atoms with Crippen LogP contribution in [0.2, 0.25) is 0 Å². The lowest BCUT2D eigenvalue weighted by atomic mass is 10.3. The smallest absolute Gasteiger partial charge is 0.239 e. The van der Waals surface area contributed by atoms with E-state index in [4.69, 9.17) is 0 Å². The van der Waals surface area contributed by atoms with E-state index >= 15 is 0 Å². The number of hydrogen-bond acceptors (Lipinski definition) is 3. The van der Waals surface area contributed by atoms with Crippen molar-refractivity contribution < 1.29 is 9.18 Å². The van der Waals surface area contributed by atoms with Crippen molar-refractivity contribution in [3.05, 3.63) is 22.6 Å². The highest BCUT2D eigenvalue weighted by atomic mass is 79.9. The first-order valence-electron chi connectivity index (χ1n) is 5.35. The van der Waals surface area contributed by atoms with E-state index in [9.17, 15) is 9.18 Å². The van der Waals surface area contributed by atoms with Gasteiger partial charge in [0.2, 0.25) is 5.91 Å². The molecule has 94 valence electrons. The molecular formula is C11H15BrFN3O. The van der Waals surface area contributed by atoms with Crippen molar-refractivity contribution in [2.45, 2.75) is 13.3 Å². The molecule has 0 atom stereocenters. The quantitative estimate of drug-likeness (QED) is 0.904. The summed E-state index contributed by atoms with van der Waals surface area (Å²) in [6, 6.07) is 1.34. The van der Waals surface area contributed by atoms with Gasteiger partial charge in [-0.25, -0.2) is 9.37 Å². The van der Waals surface area contributed by atoms with Crippen LogP contribution >= 0.6 is 15.9 Å². The summed E-state index contributed by atoms with van der Waals surface area (Å²) in [5.41, 5.74) is 0. The number of carbonyl (C=O) groups excluding carboxylic acids is 1. The molecule has 0 spiro atoms. The Hall–Kier alpha value is -1.17. The predicted octanol–water partition coefficient (Wildman–Crippen LogP) is 1.95. The van der Waals surface area contributed by atoms with E-state index in [1.807, 2.05) is 6.92 Å². The molecule has 0 radical (unpaired) electrons. The molecule has 0 aliphatic rings. The number of aromatic nitrogens is 1. The molecule has 1 aromatic heterocycles. The van der Waals surface area contributed by atoms with Crippen LogP contribution in [-0.2, 0) is 4.79 Å². The highest BCUT2D eigenvalue weighted by molar-refractivity contribution is 9.10. The monoisotopic (exact) mass is 303 g/mol. The van der Waals surface area contributed by atoms with Gasteiger partial charge < -0.3 is 10.2 Å². The van der Waals surface area contributed by atoms with Crippen molar-refractivity contribution in [2.75, 3.05) is 25.0 Å². The highest BCUT2D eigenvalue weighted by Crippen LogP contribution is 2.19. The van der Waals surface area contributed by atoms with Crippen LogP contribution in [0.15, 0.2) is 16.7 Å². The van der Waals surface area contributed by atoms with Gasteiger partial charge in [0, 0.05) is 24.3 Å².